The zero-order valence-electron chi connectivity index (χ0n) is 45.0. The molecule has 394 valence electrons. The average molecular weight is 944 g/mol. The van der Waals surface area contributed by atoms with Gasteiger partial charge in [-0.1, -0.05) is 263 Å². The van der Waals surface area contributed by atoms with Gasteiger partial charge in [0.1, 0.15) is 0 Å². The molecule has 0 aliphatic rings. The van der Waals surface area contributed by atoms with Crippen molar-refractivity contribution in [3.05, 3.63) is 24.3 Å². The maximum atomic E-state index is 13.7. The summed E-state index contributed by atoms with van der Waals surface area (Å²) in [5, 5.41) is 34.3. The third-order valence-corrected chi connectivity index (χ3v) is 14.3. The Morgan fingerprint density at radius 3 is 0.746 bits per heavy atom. The molecule has 3 N–H and O–H groups in total. The molecule has 0 bridgehead atoms. The zero-order valence-corrected chi connectivity index (χ0v) is 45.0. The second kappa shape index (κ2) is 50.7. The molecule has 0 aromatic rings. The van der Waals surface area contributed by atoms with Crippen molar-refractivity contribution in [3.8, 4) is 0 Å². The lowest BCUT2D eigenvalue weighted by atomic mass is 9.78. The minimum Gasteiger partial charge on any atom is -0.382 e. The summed E-state index contributed by atoms with van der Waals surface area (Å²) in [5.41, 5.74) is -2.81. The van der Waals surface area contributed by atoms with Crippen molar-refractivity contribution in [2.45, 2.75) is 347 Å². The first-order chi connectivity index (χ1) is 32.8. The maximum Gasteiger partial charge on any atom is 0.189 e. The van der Waals surface area contributed by atoms with Gasteiger partial charge in [0.05, 0.1) is 0 Å². The molecule has 0 aliphatic carbocycles. The van der Waals surface area contributed by atoms with Crippen LogP contribution < -0.4 is 0 Å². The lowest BCUT2D eigenvalue weighted by Gasteiger charge is -2.34. The van der Waals surface area contributed by atoms with Crippen molar-refractivity contribution in [3.63, 3.8) is 0 Å². The van der Waals surface area contributed by atoms with Gasteiger partial charge in [-0.05, 0) is 70.6 Å². The Hall–Kier alpha value is -1.63. The van der Waals surface area contributed by atoms with Gasteiger partial charge in [0, 0.05) is 19.3 Å². The highest BCUT2D eigenvalue weighted by molar-refractivity contribution is 6.01. The summed E-state index contributed by atoms with van der Waals surface area (Å²) < 4.78 is 0. The second-order valence-corrected chi connectivity index (χ2v) is 20.8. The van der Waals surface area contributed by atoms with Crippen LogP contribution in [-0.2, 0) is 14.4 Å². The third kappa shape index (κ3) is 39.7. The molecular formula is C61H114O6. The Morgan fingerprint density at radius 1 is 0.313 bits per heavy atom. The predicted molar refractivity (Wildman–Crippen MR) is 289 cm³/mol. The molecule has 0 radical (unpaired) electrons. The summed E-state index contributed by atoms with van der Waals surface area (Å²) in [6.07, 6.45) is 57.5. The van der Waals surface area contributed by atoms with Crippen LogP contribution in [-0.4, -0.2) is 50.5 Å². The van der Waals surface area contributed by atoms with E-state index in [-0.39, 0.29) is 19.3 Å². The van der Waals surface area contributed by atoms with Gasteiger partial charge in [0.2, 0.25) is 0 Å². The first-order valence-corrected chi connectivity index (χ1v) is 29.7. The molecule has 6 nitrogen and oxygen atoms in total. The van der Waals surface area contributed by atoms with Crippen LogP contribution in [0.25, 0.3) is 0 Å². The van der Waals surface area contributed by atoms with E-state index in [4.69, 9.17) is 0 Å². The first-order valence-electron chi connectivity index (χ1n) is 29.7. The molecule has 0 aromatic heterocycles. The van der Waals surface area contributed by atoms with Crippen molar-refractivity contribution in [1.82, 2.24) is 0 Å². The van der Waals surface area contributed by atoms with Crippen LogP contribution >= 0.6 is 0 Å². The number of carbonyl (C=O) groups excluding carboxylic acids is 3. The van der Waals surface area contributed by atoms with E-state index in [1.54, 1.807) is 0 Å². The lowest BCUT2D eigenvalue weighted by molar-refractivity contribution is -0.181. The monoisotopic (exact) mass is 943 g/mol. The maximum absolute atomic E-state index is 13.7. The number of hydrogen-bond acceptors (Lipinski definition) is 6. The molecule has 0 spiro atoms. The van der Waals surface area contributed by atoms with Gasteiger partial charge < -0.3 is 15.3 Å². The fourth-order valence-corrected chi connectivity index (χ4v) is 9.52. The molecule has 0 aliphatic heterocycles. The number of aliphatic hydroxyl groups excluding tert-OH is 2. The van der Waals surface area contributed by atoms with E-state index in [9.17, 15) is 29.7 Å². The molecule has 0 amide bonds. The molecule has 0 saturated carbocycles. The van der Waals surface area contributed by atoms with Gasteiger partial charge in [0.15, 0.2) is 35.2 Å². The average Bonchev–Trinajstić information content (AvgIpc) is 3.33. The zero-order chi connectivity index (χ0) is 49.2. The van der Waals surface area contributed by atoms with Crippen molar-refractivity contribution >= 4 is 17.3 Å². The van der Waals surface area contributed by atoms with Crippen LogP contribution in [0.3, 0.4) is 0 Å². The van der Waals surface area contributed by atoms with Crippen molar-refractivity contribution in [2.75, 3.05) is 0 Å². The standard InChI is InChI=1S/C61H114O6/c1-4-7-10-13-16-19-22-25-28-29-30-31-34-37-40-43-46-49-52-55-58(64)61(67,59(65)56(62)53-50-47-44-41-38-35-32-26-23-20-17-14-11-8-5-2)60(66)57(63)54-51-48-45-42-39-36-33-27-24-21-18-15-12-9-6-3/h26-27,32-33,59-60,65-67H,4-25,28-31,34-55H2,1-3H3/b32-26-,33-27-. The molecule has 67 heavy (non-hydrogen) atoms. The van der Waals surface area contributed by atoms with Gasteiger partial charge >= 0.3 is 0 Å². The van der Waals surface area contributed by atoms with Crippen LogP contribution in [0, 0.1) is 0 Å². The van der Waals surface area contributed by atoms with E-state index in [0.29, 0.717) is 19.3 Å². The smallest absolute Gasteiger partial charge is 0.189 e. The molecule has 0 rings (SSSR count). The summed E-state index contributed by atoms with van der Waals surface area (Å²) in [6, 6.07) is 0. The minimum absolute atomic E-state index is 0.00329. The largest absolute Gasteiger partial charge is 0.382 e. The van der Waals surface area contributed by atoms with E-state index in [1.807, 2.05) is 0 Å². The van der Waals surface area contributed by atoms with E-state index in [1.165, 1.54) is 173 Å². The summed E-state index contributed by atoms with van der Waals surface area (Å²) in [5.74, 6) is -2.14. The van der Waals surface area contributed by atoms with E-state index < -0.39 is 35.2 Å². The third-order valence-electron chi connectivity index (χ3n) is 14.3. The summed E-state index contributed by atoms with van der Waals surface area (Å²) >= 11 is 0. The number of carbonyl (C=O) groups is 3. The van der Waals surface area contributed by atoms with Gasteiger partial charge in [-0.15, -0.1) is 0 Å². The quantitative estimate of drug-likeness (QED) is 0.0414. The van der Waals surface area contributed by atoms with Crippen LogP contribution in [0.4, 0.5) is 0 Å². The highest BCUT2D eigenvalue weighted by Gasteiger charge is 2.53. The second-order valence-electron chi connectivity index (χ2n) is 20.8. The summed E-state index contributed by atoms with van der Waals surface area (Å²) in [7, 11) is 0. The molecule has 0 saturated heterocycles. The van der Waals surface area contributed by atoms with Crippen LogP contribution in [0.15, 0.2) is 24.3 Å². The van der Waals surface area contributed by atoms with Crippen LogP contribution in [0.1, 0.15) is 329 Å². The van der Waals surface area contributed by atoms with E-state index in [2.05, 4.69) is 45.1 Å². The van der Waals surface area contributed by atoms with Crippen molar-refractivity contribution < 1.29 is 29.7 Å². The van der Waals surface area contributed by atoms with Crippen molar-refractivity contribution in [1.29, 1.82) is 0 Å². The molecule has 0 heterocycles. The first kappa shape index (κ1) is 65.4. The Labute approximate surface area is 416 Å². The Bertz CT molecular complexity index is 1090. The van der Waals surface area contributed by atoms with Gasteiger partial charge in [-0.3, -0.25) is 14.4 Å². The topological polar surface area (TPSA) is 112 Å². The summed E-state index contributed by atoms with van der Waals surface area (Å²) in [4.78, 5) is 40.3. The fourth-order valence-electron chi connectivity index (χ4n) is 9.52. The molecule has 6 heteroatoms. The van der Waals surface area contributed by atoms with Crippen LogP contribution in [0.5, 0.6) is 0 Å². The number of ketones is 3. The number of Topliss-reactive ketones (excluding diaryl/α,β-unsaturated/α-hetero) is 3. The normalized spacial score (nSPS) is 13.8. The fraction of sp³-hybridized carbons (Fsp3) is 0.885. The molecule has 2 atom stereocenters. The number of unbranched alkanes of at least 4 members (excludes halogenated alkanes) is 40. The predicted octanol–water partition coefficient (Wildman–Crippen LogP) is 18.0. The number of rotatable bonds is 55. The molecule has 2 unspecified atom stereocenters. The lowest BCUT2D eigenvalue weighted by Crippen LogP contribution is -2.63. The number of allylic oxidation sites excluding steroid dienone is 4. The van der Waals surface area contributed by atoms with Crippen LogP contribution in [0.2, 0.25) is 0 Å². The highest BCUT2D eigenvalue weighted by atomic mass is 16.4. The van der Waals surface area contributed by atoms with E-state index >= 15 is 0 Å². The Kier molecular flexibility index (Phi) is 49.5. The van der Waals surface area contributed by atoms with Gasteiger partial charge in [-0.25, -0.2) is 0 Å². The van der Waals surface area contributed by atoms with Gasteiger partial charge in [0.25, 0.3) is 0 Å². The summed E-state index contributed by atoms with van der Waals surface area (Å²) in [6.45, 7) is 6.77. The number of hydrogen-bond donors (Lipinski definition) is 3. The van der Waals surface area contributed by atoms with Gasteiger partial charge in [-0.2, -0.15) is 0 Å². The molecule has 0 fully saturated rings. The van der Waals surface area contributed by atoms with Crippen molar-refractivity contribution in [2.24, 2.45) is 0 Å². The Balaban J connectivity index is 4.74. The van der Waals surface area contributed by atoms with E-state index in [0.717, 1.165) is 96.3 Å². The Morgan fingerprint density at radius 2 is 0.507 bits per heavy atom. The SMILES string of the molecule is CCCCCCCC/C=C\CCCCCCCC(=O)C(O)C(O)(C(=O)CCCCCCCCCCCCCCCCCCCCC)C(O)C(=O)CCCCCCC/C=C\CCCCCCCC. The number of aliphatic hydroxyl groups is 3. The highest BCUT2D eigenvalue weighted by Crippen LogP contribution is 2.26. The minimum atomic E-state index is -2.81. The molecular weight excluding hydrogens is 829 g/mol. The molecule has 0 aromatic carbocycles.